The fourth-order valence-electron chi connectivity index (χ4n) is 2.50. The molecule has 1 aromatic heterocycles. The lowest BCUT2D eigenvalue weighted by Gasteiger charge is -2.26. The highest BCUT2D eigenvalue weighted by Crippen LogP contribution is 2.24. The molecule has 7 heteroatoms. The second-order valence-electron chi connectivity index (χ2n) is 5.59. The minimum absolute atomic E-state index is 0.0389. The van der Waals surface area contributed by atoms with Crippen molar-refractivity contribution in [1.29, 1.82) is 0 Å². The number of aromatic nitrogens is 2. The van der Waals surface area contributed by atoms with Gasteiger partial charge in [0.25, 0.3) is 0 Å². The van der Waals surface area contributed by atoms with Crippen molar-refractivity contribution in [3.63, 3.8) is 0 Å². The fourth-order valence-corrected chi connectivity index (χ4v) is 3.76. The summed E-state index contributed by atoms with van der Waals surface area (Å²) < 4.78 is 28.8. The molecule has 1 aliphatic carbocycles. The average molecular weight is 301 g/mol. The molecule has 0 unspecified atom stereocenters. The first kappa shape index (κ1) is 15.5. The number of aliphatic hydroxyl groups is 1. The van der Waals surface area contributed by atoms with Gasteiger partial charge >= 0.3 is 0 Å². The summed E-state index contributed by atoms with van der Waals surface area (Å²) in [5, 5.41) is 12.8. The van der Waals surface area contributed by atoms with Gasteiger partial charge < -0.3 is 5.11 Å². The van der Waals surface area contributed by atoms with Crippen molar-refractivity contribution in [3.8, 4) is 0 Å². The summed E-state index contributed by atoms with van der Waals surface area (Å²) in [6, 6.07) is 0.0389. The molecule has 1 saturated carbocycles. The first-order valence-corrected chi connectivity index (χ1v) is 8.65. The Bertz CT molecular complexity index is 519. The van der Waals surface area contributed by atoms with Crippen LogP contribution < -0.4 is 4.72 Å². The molecule has 0 spiro atoms. The average Bonchev–Trinajstić information content (AvgIpc) is 2.88. The molecule has 0 aliphatic heterocycles. The molecule has 0 radical (unpaired) electrons. The van der Waals surface area contributed by atoms with Crippen LogP contribution in [0.25, 0.3) is 0 Å². The van der Waals surface area contributed by atoms with Gasteiger partial charge in [0.2, 0.25) is 10.0 Å². The topological polar surface area (TPSA) is 84.2 Å². The van der Waals surface area contributed by atoms with Crippen LogP contribution in [0.3, 0.4) is 0 Å². The highest BCUT2D eigenvalue weighted by Gasteiger charge is 2.24. The van der Waals surface area contributed by atoms with Gasteiger partial charge in [-0.3, -0.25) is 4.68 Å². The van der Waals surface area contributed by atoms with Crippen molar-refractivity contribution in [2.45, 2.75) is 56.5 Å². The van der Waals surface area contributed by atoms with Gasteiger partial charge in [-0.2, -0.15) is 5.10 Å². The van der Waals surface area contributed by atoms with E-state index in [0.29, 0.717) is 18.9 Å². The third-order valence-electron chi connectivity index (χ3n) is 3.80. The third kappa shape index (κ3) is 4.04. The summed E-state index contributed by atoms with van der Waals surface area (Å²) >= 11 is 0. The predicted molar refractivity (Wildman–Crippen MR) is 75.7 cm³/mol. The zero-order valence-corrected chi connectivity index (χ0v) is 12.6. The minimum atomic E-state index is -3.48. The molecule has 6 nitrogen and oxygen atoms in total. The van der Waals surface area contributed by atoms with E-state index in [1.807, 2.05) is 0 Å². The maximum Gasteiger partial charge on any atom is 0.243 e. The van der Waals surface area contributed by atoms with E-state index >= 15 is 0 Å². The van der Waals surface area contributed by atoms with Crippen molar-refractivity contribution in [2.75, 3.05) is 6.61 Å². The highest BCUT2D eigenvalue weighted by atomic mass is 32.2. The van der Waals surface area contributed by atoms with Gasteiger partial charge in [0.1, 0.15) is 4.90 Å². The van der Waals surface area contributed by atoms with Crippen LogP contribution in [0.4, 0.5) is 0 Å². The zero-order chi connectivity index (χ0) is 14.6. The van der Waals surface area contributed by atoms with Crippen LogP contribution in [-0.2, 0) is 16.6 Å². The molecule has 1 fully saturated rings. The summed E-state index contributed by atoms with van der Waals surface area (Å²) in [5.74, 6) is 0.692. The molecule has 2 rings (SSSR count). The molecule has 1 heterocycles. The lowest BCUT2D eigenvalue weighted by atomic mass is 9.88. The molecule has 20 heavy (non-hydrogen) atoms. The van der Waals surface area contributed by atoms with Crippen molar-refractivity contribution < 1.29 is 13.5 Å². The van der Waals surface area contributed by atoms with Gasteiger partial charge in [-0.1, -0.05) is 6.92 Å². The van der Waals surface area contributed by atoms with E-state index < -0.39 is 10.0 Å². The summed E-state index contributed by atoms with van der Waals surface area (Å²) in [7, 11) is -3.48. The molecule has 2 N–H and O–H groups in total. The van der Waals surface area contributed by atoms with E-state index in [2.05, 4.69) is 16.7 Å². The normalized spacial score (nSPS) is 23.9. The number of nitrogens with one attached hydrogen (secondary N) is 1. The number of hydrogen-bond acceptors (Lipinski definition) is 4. The van der Waals surface area contributed by atoms with E-state index in [0.717, 1.165) is 25.7 Å². The number of sulfonamides is 1. The highest BCUT2D eigenvalue weighted by molar-refractivity contribution is 7.89. The monoisotopic (exact) mass is 301 g/mol. The third-order valence-corrected chi connectivity index (χ3v) is 5.28. The Labute approximate surface area is 120 Å². The maximum absolute atomic E-state index is 12.3. The molecule has 0 atom stereocenters. The van der Waals surface area contributed by atoms with Crippen LogP contribution in [0.15, 0.2) is 17.3 Å². The van der Waals surface area contributed by atoms with Gasteiger partial charge in [0.05, 0.1) is 6.20 Å². The number of hydrogen-bond donors (Lipinski definition) is 2. The molecule has 0 saturated heterocycles. The fraction of sp³-hybridized carbons (Fsp3) is 0.769. The summed E-state index contributed by atoms with van der Waals surface area (Å²) in [5.41, 5.74) is 0. The lowest BCUT2D eigenvalue weighted by molar-refractivity contribution is 0.277. The van der Waals surface area contributed by atoms with Gasteiger partial charge in [-0.25, -0.2) is 13.1 Å². The Morgan fingerprint density at radius 3 is 2.75 bits per heavy atom. The Kier molecular flexibility index (Phi) is 5.17. The second kappa shape index (κ2) is 6.69. The lowest BCUT2D eigenvalue weighted by Crippen LogP contribution is -2.37. The second-order valence-corrected chi connectivity index (χ2v) is 7.31. The first-order chi connectivity index (χ1) is 9.51. The Morgan fingerprint density at radius 2 is 2.10 bits per heavy atom. The van der Waals surface area contributed by atoms with Crippen LogP contribution >= 0.6 is 0 Å². The number of rotatable bonds is 6. The zero-order valence-electron chi connectivity index (χ0n) is 11.8. The number of aliphatic hydroxyl groups excluding tert-OH is 1. The molecular formula is C13H23N3O3S. The van der Waals surface area contributed by atoms with Gasteiger partial charge in [-0.15, -0.1) is 0 Å². The molecular weight excluding hydrogens is 278 g/mol. The molecule has 0 bridgehead atoms. The first-order valence-electron chi connectivity index (χ1n) is 7.17. The van der Waals surface area contributed by atoms with Crippen LogP contribution in [0.2, 0.25) is 0 Å². The van der Waals surface area contributed by atoms with Crippen LogP contribution in [-0.4, -0.2) is 36.0 Å². The Hall–Kier alpha value is -0.920. The summed E-state index contributed by atoms with van der Waals surface area (Å²) in [4.78, 5) is 0.203. The Morgan fingerprint density at radius 1 is 1.40 bits per heavy atom. The van der Waals surface area contributed by atoms with Gasteiger partial charge in [0, 0.05) is 25.4 Å². The standard InChI is InChI=1S/C13H23N3O3S/c1-11-3-5-12(6-4-11)15-20(18,19)13-9-14-16(10-13)7-2-8-17/h9-12,15,17H,2-8H2,1H3. The number of aryl methyl sites for hydroxylation is 1. The summed E-state index contributed by atoms with van der Waals surface area (Å²) in [6.45, 7) is 2.79. The van der Waals surface area contributed by atoms with Crippen molar-refractivity contribution >= 4 is 10.0 Å². The van der Waals surface area contributed by atoms with E-state index in [4.69, 9.17) is 5.11 Å². The van der Waals surface area contributed by atoms with Crippen molar-refractivity contribution in [3.05, 3.63) is 12.4 Å². The summed E-state index contributed by atoms with van der Waals surface area (Å²) in [6.07, 6.45) is 7.40. The quantitative estimate of drug-likeness (QED) is 0.825. The SMILES string of the molecule is CC1CCC(NS(=O)(=O)c2cnn(CCCO)c2)CC1. The van der Waals surface area contributed by atoms with Gasteiger partial charge in [-0.05, 0) is 38.0 Å². The molecule has 0 aromatic carbocycles. The van der Waals surface area contributed by atoms with E-state index in [1.54, 1.807) is 4.68 Å². The molecule has 114 valence electrons. The minimum Gasteiger partial charge on any atom is -0.396 e. The Balaban J connectivity index is 1.97. The molecule has 1 aromatic rings. The molecule has 1 aliphatic rings. The smallest absolute Gasteiger partial charge is 0.243 e. The number of nitrogens with zero attached hydrogens (tertiary/aromatic N) is 2. The maximum atomic E-state index is 12.3. The van der Waals surface area contributed by atoms with Crippen LogP contribution in [0.5, 0.6) is 0 Å². The van der Waals surface area contributed by atoms with Gasteiger partial charge in [0.15, 0.2) is 0 Å². The predicted octanol–water partition coefficient (Wildman–Crippen LogP) is 1.12. The van der Waals surface area contributed by atoms with E-state index in [-0.39, 0.29) is 17.5 Å². The molecule has 0 amide bonds. The van der Waals surface area contributed by atoms with Crippen LogP contribution in [0, 0.1) is 5.92 Å². The largest absolute Gasteiger partial charge is 0.396 e. The van der Waals surface area contributed by atoms with Crippen molar-refractivity contribution in [2.24, 2.45) is 5.92 Å². The van der Waals surface area contributed by atoms with E-state index in [9.17, 15) is 8.42 Å². The van der Waals surface area contributed by atoms with E-state index in [1.165, 1.54) is 12.4 Å². The van der Waals surface area contributed by atoms with Crippen molar-refractivity contribution in [1.82, 2.24) is 14.5 Å². The van der Waals surface area contributed by atoms with Crippen LogP contribution in [0.1, 0.15) is 39.0 Å².